The van der Waals surface area contributed by atoms with E-state index in [4.69, 9.17) is 16.3 Å². The van der Waals surface area contributed by atoms with Gasteiger partial charge < -0.3 is 10.1 Å². The van der Waals surface area contributed by atoms with Crippen molar-refractivity contribution in [3.05, 3.63) is 107 Å². The van der Waals surface area contributed by atoms with Gasteiger partial charge in [-0.3, -0.25) is 4.79 Å². The molecule has 0 saturated carbocycles. The Labute approximate surface area is 211 Å². The maximum absolute atomic E-state index is 12.8. The monoisotopic (exact) mass is 513 g/mol. The van der Waals surface area contributed by atoms with Crippen LogP contribution in [-0.4, -0.2) is 15.7 Å². The van der Waals surface area contributed by atoms with Crippen LogP contribution in [0.5, 0.6) is 5.75 Å². The van der Waals surface area contributed by atoms with E-state index in [0.717, 1.165) is 27.8 Å². The van der Waals surface area contributed by atoms with Gasteiger partial charge in [0.2, 0.25) is 5.91 Å². The second kappa shape index (κ2) is 11.9. The average molecular weight is 514 g/mol. The van der Waals surface area contributed by atoms with Gasteiger partial charge in [-0.1, -0.05) is 66.2 Å². The number of halogens is 3. The Morgan fingerprint density at radius 3 is 2.57 bits per heavy atom. The zero-order valence-electron chi connectivity index (χ0n) is 18.5. The molecule has 0 unspecified atom stereocenters. The summed E-state index contributed by atoms with van der Waals surface area (Å²) in [5.41, 5.74) is 3.40. The van der Waals surface area contributed by atoms with Crippen molar-refractivity contribution in [3.8, 4) is 5.75 Å². The summed E-state index contributed by atoms with van der Waals surface area (Å²) in [6, 6.07) is 22.8. The third-order valence-electron chi connectivity index (χ3n) is 5.07. The Hall–Kier alpha value is -3.36. The number of hydrogen-bond acceptors (Lipinski definition) is 4. The molecule has 1 N–H and O–H groups in total. The summed E-state index contributed by atoms with van der Waals surface area (Å²) >= 11 is 7.78. The van der Waals surface area contributed by atoms with Gasteiger partial charge in [0.1, 0.15) is 6.61 Å². The van der Waals surface area contributed by atoms with Crippen molar-refractivity contribution >= 4 is 35.0 Å². The van der Waals surface area contributed by atoms with Crippen LogP contribution in [-0.2, 0) is 23.6 Å². The summed E-state index contributed by atoms with van der Waals surface area (Å²) in [6.45, 7) is -2.56. The maximum atomic E-state index is 12.8. The molecule has 4 aromatic rings. The van der Waals surface area contributed by atoms with Crippen LogP contribution >= 0.6 is 23.4 Å². The molecule has 4 rings (SSSR count). The number of alkyl halides is 2. The molecule has 9 heteroatoms. The van der Waals surface area contributed by atoms with Crippen LogP contribution in [0.25, 0.3) is 0 Å². The predicted octanol–water partition coefficient (Wildman–Crippen LogP) is 6.98. The number of thioether (sulfide) groups is 1. The first-order chi connectivity index (χ1) is 17.0. The number of nitrogens with one attached hydrogen (secondary N) is 1. The molecule has 0 fully saturated rings. The molecule has 5 nitrogen and oxygen atoms in total. The molecule has 0 aliphatic carbocycles. The zero-order valence-corrected chi connectivity index (χ0v) is 20.1. The molecule has 1 amide bonds. The molecule has 1 aromatic heterocycles. The van der Waals surface area contributed by atoms with E-state index >= 15 is 0 Å². The Morgan fingerprint density at radius 2 is 1.83 bits per heavy atom. The number of aromatic nitrogens is 2. The van der Waals surface area contributed by atoms with E-state index in [9.17, 15) is 13.6 Å². The fraction of sp³-hybridized carbons (Fsp3) is 0.154. The van der Waals surface area contributed by atoms with E-state index in [0.29, 0.717) is 21.1 Å². The number of nitrogens with zero attached hydrogens (tertiary/aromatic N) is 2. The minimum absolute atomic E-state index is 0.158. The number of carbonyl (C=O) groups excluding carboxylic acids is 1. The number of benzene rings is 3. The normalized spacial score (nSPS) is 11.0. The van der Waals surface area contributed by atoms with E-state index in [2.05, 4.69) is 10.4 Å². The summed E-state index contributed by atoms with van der Waals surface area (Å²) in [5.74, 6) is 0.788. The molecule has 0 spiro atoms. The lowest BCUT2D eigenvalue weighted by atomic mass is 10.1. The first kappa shape index (κ1) is 24.8. The molecule has 0 bridgehead atoms. The summed E-state index contributed by atoms with van der Waals surface area (Å²) in [5, 5.41) is 7.06. The van der Waals surface area contributed by atoms with Gasteiger partial charge in [-0.05, 0) is 29.3 Å². The lowest BCUT2D eigenvalue weighted by Gasteiger charge is -2.13. The number of anilines is 1. The van der Waals surface area contributed by atoms with Crippen molar-refractivity contribution in [1.29, 1.82) is 0 Å². The van der Waals surface area contributed by atoms with Crippen molar-refractivity contribution in [3.63, 3.8) is 0 Å². The molecular formula is C26H22ClF2N3O2S. The van der Waals surface area contributed by atoms with E-state index in [1.165, 1.54) is 6.20 Å². The van der Waals surface area contributed by atoms with Gasteiger partial charge in [0.15, 0.2) is 5.75 Å². The van der Waals surface area contributed by atoms with Crippen LogP contribution in [0.3, 0.4) is 0 Å². The average Bonchev–Trinajstić information content (AvgIpc) is 3.34. The second-order valence-corrected chi connectivity index (χ2v) is 9.06. The summed E-state index contributed by atoms with van der Waals surface area (Å²) < 4.78 is 31.8. The molecule has 3 aromatic carbocycles. The Balaban J connectivity index is 1.48. The van der Waals surface area contributed by atoms with Crippen molar-refractivity contribution in [2.75, 3.05) is 5.32 Å². The van der Waals surface area contributed by atoms with Crippen LogP contribution in [0, 0.1) is 0 Å². The lowest BCUT2D eigenvalue weighted by molar-refractivity contribution is -0.115. The number of rotatable bonds is 10. The Bertz CT molecular complexity index is 1280. The standard InChI is InChI=1S/C26H22ClF2N3O2S/c27-23-9-5-4-8-19(23)12-25(33)31-21-11-10-20(16-34-22-14-30-32(15-22)26(28)29)24(13-21)35-17-18-6-2-1-3-7-18/h1-11,13-15,26H,12,16-17H2,(H,31,33). The van der Waals surface area contributed by atoms with Crippen LogP contribution in [0.4, 0.5) is 14.5 Å². The molecule has 0 aliphatic rings. The molecule has 35 heavy (non-hydrogen) atoms. The van der Waals surface area contributed by atoms with Gasteiger partial charge >= 0.3 is 6.55 Å². The second-order valence-electron chi connectivity index (χ2n) is 7.64. The van der Waals surface area contributed by atoms with E-state index in [-0.39, 0.29) is 24.7 Å². The highest BCUT2D eigenvalue weighted by molar-refractivity contribution is 7.98. The van der Waals surface area contributed by atoms with Crippen molar-refractivity contribution in [1.82, 2.24) is 9.78 Å². The van der Waals surface area contributed by atoms with E-state index in [1.54, 1.807) is 23.9 Å². The zero-order chi connectivity index (χ0) is 24.6. The quantitative estimate of drug-likeness (QED) is 0.232. The number of amides is 1. The Morgan fingerprint density at radius 1 is 1.06 bits per heavy atom. The van der Waals surface area contributed by atoms with Crippen LogP contribution in [0.1, 0.15) is 23.2 Å². The molecule has 180 valence electrons. The fourth-order valence-corrected chi connectivity index (χ4v) is 4.54. The predicted molar refractivity (Wildman–Crippen MR) is 134 cm³/mol. The largest absolute Gasteiger partial charge is 0.486 e. The number of hydrogen-bond donors (Lipinski definition) is 1. The number of ether oxygens (including phenoxy) is 1. The van der Waals surface area contributed by atoms with Crippen LogP contribution < -0.4 is 10.1 Å². The van der Waals surface area contributed by atoms with Gasteiger partial charge in [-0.15, -0.1) is 11.8 Å². The fourth-order valence-electron chi connectivity index (χ4n) is 3.30. The molecule has 0 radical (unpaired) electrons. The highest BCUT2D eigenvalue weighted by Gasteiger charge is 2.12. The van der Waals surface area contributed by atoms with Crippen molar-refractivity contribution in [2.45, 2.75) is 30.2 Å². The smallest absolute Gasteiger partial charge is 0.333 e. The minimum atomic E-state index is -2.72. The summed E-state index contributed by atoms with van der Waals surface area (Å²) in [4.78, 5) is 13.5. The third kappa shape index (κ3) is 7.07. The van der Waals surface area contributed by atoms with Gasteiger partial charge in [0, 0.05) is 26.9 Å². The third-order valence-corrected chi connectivity index (χ3v) is 6.61. The molecule has 0 saturated heterocycles. The minimum Gasteiger partial charge on any atom is -0.486 e. The first-order valence-electron chi connectivity index (χ1n) is 10.8. The maximum Gasteiger partial charge on any atom is 0.333 e. The van der Waals surface area contributed by atoms with E-state index in [1.807, 2.05) is 60.7 Å². The van der Waals surface area contributed by atoms with Crippen LogP contribution in [0.2, 0.25) is 5.02 Å². The summed E-state index contributed by atoms with van der Waals surface area (Å²) in [7, 11) is 0. The van der Waals surface area contributed by atoms with Gasteiger partial charge in [-0.25, -0.2) is 4.68 Å². The molecular weight excluding hydrogens is 492 g/mol. The van der Waals surface area contributed by atoms with E-state index < -0.39 is 6.55 Å². The summed E-state index contributed by atoms with van der Waals surface area (Å²) in [6.07, 6.45) is 2.57. The van der Waals surface area contributed by atoms with Gasteiger partial charge in [0.05, 0.1) is 18.8 Å². The van der Waals surface area contributed by atoms with Gasteiger partial charge in [0.25, 0.3) is 0 Å². The SMILES string of the molecule is O=C(Cc1ccccc1Cl)Nc1ccc(COc2cnn(C(F)F)c2)c(SCc2ccccc2)c1. The molecule has 0 atom stereocenters. The van der Waals surface area contributed by atoms with Crippen molar-refractivity contribution in [2.24, 2.45) is 0 Å². The molecule has 1 heterocycles. The van der Waals surface area contributed by atoms with Crippen LogP contribution in [0.15, 0.2) is 90.1 Å². The van der Waals surface area contributed by atoms with Gasteiger partial charge in [-0.2, -0.15) is 13.9 Å². The van der Waals surface area contributed by atoms with Crippen molar-refractivity contribution < 1.29 is 18.3 Å². The topological polar surface area (TPSA) is 56.1 Å². The first-order valence-corrected chi connectivity index (χ1v) is 12.1. The highest BCUT2D eigenvalue weighted by Crippen LogP contribution is 2.30. The lowest BCUT2D eigenvalue weighted by Crippen LogP contribution is -2.14. The number of carbonyl (C=O) groups is 1. The highest BCUT2D eigenvalue weighted by atomic mass is 35.5. The Kier molecular flexibility index (Phi) is 8.39. The molecule has 0 aliphatic heterocycles.